The van der Waals surface area contributed by atoms with E-state index in [1.165, 1.54) is 0 Å². The van der Waals surface area contributed by atoms with Crippen LogP contribution in [0, 0.1) is 6.92 Å². The highest BCUT2D eigenvalue weighted by molar-refractivity contribution is 7.10. The number of hydrogen-bond donors (Lipinski definition) is 0. The first-order valence-electron chi connectivity index (χ1n) is 5.76. The Labute approximate surface area is 107 Å². The number of hydrogen-bond acceptors (Lipinski definition) is 4. The van der Waals surface area contributed by atoms with Gasteiger partial charge in [0.1, 0.15) is 5.01 Å². The summed E-state index contributed by atoms with van der Waals surface area (Å²) in [5.74, 6) is 1.93. The van der Waals surface area contributed by atoms with Gasteiger partial charge in [-0.25, -0.2) is 4.98 Å². The van der Waals surface area contributed by atoms with Crippen molar-refractivity contribution in [3.8, 4) is 0 Å². The molecule has 5 heteroatoms. The molecule has 0 aromatic carbocycles. The van der Waals surface area contributed by atoms with Gasteiger partial charge in [0.05, 0.1) is 11.2 Å². The maximum absolute atomic E-state index is 5.86. The van der Waals surface area contributed by atoms with Crippen LogP contribution in [0.25, 0.3) is 6.08 Å². The average molecular weight is 251 g/mol. The zero-order valence-electron chi connectivity index (χ0n) is 11.0. The molecule has 0 aliphatic carbocycles. The number of nitrogens with zero attached hydrogens (tertiary/aromatic N) is 1. The van der Waals surface area contributed by atoms with E-state index in [9.17, 15) is 0 Å². The van der Waals surface area contributed by atoms with Gasteiger partial charge < -0.3 is 9.31 Å². The van der Waals surface area contributed by atoms with Gasteiger partial charge in [-0.1, -0.05) is 5.98 Å². The molecule has 1 aliphatic rings. The molecule has 0 radical (unpaired) electrons. The summed E-state index contributed by atoms with van der Waals surface area (Å²) in [7, 11) is -0.288. The predicted octanol–water partition coefficient (Wildman–Crippen LogP) is 3.10. The molecule has 0 saturated carbocycles. The highest BCUT2D eigenvalue weighted by atomic mass is 32.1. The van der Waals surface area contributed by atoms with E-state index in [1.807, 2.05) is 52.1 Å². The molecule has 1 aromatic rings. The van der Waals surface area contributed by atoms with Crippen LogP contribution in [0.4, 0.5) is 0 Å². The van der Waals surface area contributed by atoms with Gasteiger partial charge in [-0.3, -0.25) is 0 Å². The highest BCUT2D eigenvalue weighted by Gasteiger charge is 2.49. The molecule has 0 N–H and O–H groups in total. The molecule has 0 atom stereocenters. The lowest BCUT2D eigenvalue weighted by molar-refractivity contribution is 0.00578. The van der Waals surface area contributed by atoms with Gasteiger partial charge in [0, 0.05) is 11.1 Å². The van der Waals surface area contributed by atoms with Crippen LogP contribution in [0.5, 0.6) is 0 Å². The molecule has 3 nitrogen and oxygen atoms in total. The monoisotopic (exact) mass is 251 g/mol. The summed E-state index contributed by atoms with van der Waals surface area (Å²) in [4.78, 5) is 4.36. The quantitative estimate of drug-likeness (QED) is 0.757. The van der Waals surface area contributed by atoms with Crippen molar-refractivity contribution in [2.24, 2.45) is 0 Å². The highest BCUT2D eigenvalue weighted by Crippen LogP contribution is 2.37. The molecule has 1 aliphatic heterocycles. The molecule has 0 bridgehead atoms. The normalized spacial score (nSPS) is 22.5. The molecule has 0 unspecified atom stereocenters. The number of thiazole rings is 1. The van der Waals surface area contributed by atoms with Crippen molar-refractivity contribution in [1.82, 2.24) is 4.98 Å². The van der Waals surface area contributed by atoms with Crippen molar-refractivity contribution in [3.63, 3.8) is 0 Å². The Hall–Kier alpha value is -0.645. The summed E-state index contributed by atoms with van der Waals surface area (Å²) in [5.41, 5.74) is 0.491. The second-order valence-corrected chi connectivity index (χ2v) is 6.20. The van der Waals surface area contributed by atoms with Gasteiger partial charge in [0.25, 0.3) is 0 Å². The molecular weight excluding hydrogens is 233 g/mol. The van der Waals surface area contributed by atoms with Gasteiger partial charge in [-0.15, -0.1) is 11.3 Å². The van der Waals surface area contributed by atoms with Crippen molar-refractivity contribution in [2.75, 3.05) is 0 Å². The molecule has 0 amide bonds. The van der Waals surface area contributed by atoms with Crippen LogP contribution in [0.1, 0.15) is 38.4 Å². The third-order valence-corrected chi connectivity index (χ3v) is 4.23. The van der Waals surface area contributed by atoms with E-state index in [1.54, 1.807) is 11.3 Å². The topological polar surface area (TPSA) is 31.4 Å². The smallest absolute Gasteiger partial charge is 0.400 e. The molecule has 0 spiro atoms. The van der Waals surface area contributed by atoms with Crippen LogP contribution in [0.15, 0.2) is 11.4 Å². The largest absolute Gasteiger partial charge is 0.487 e. The van der Waals surface area contributed by atoms with E-state index in [2.05, 4.69) is 4.98 Å². The van der Waals surface area contributed by atoms with E-state index >= 15 is 0 Å². The Morgan fingerprint density at radius 3 is 2.29 bits per heavy atom. The van der Waals surface area contributed by atoms with Gasteiger partial charge in [-0.05, 0) is 40.7 Å². The van der Waals surface area contributed by atoms with Crippen molar-refractivity contribution in [2.45, 2.75) is 45.8 Å². The average Bonchev–Trinajstić information content (AvgIpc) is 2.67. The maximum Gasteiger partial charge on any atom is 0.487 e. The van der Waals surface area contributed by atoms with E-state index < -0.39 is 0 Å². The van der Waals surface area contributed by atoms with E-state index in [-0.39, 0.29) is 18.3 Å². The van der Waals surface area contributed by atoms with E-state index in [0.29, 0.717) is 0 Å². The summed E-state index contributed by atoms with van der Waals surface area (Å²) < 4.78 is 11.7. The van der Waals surface area contributed by atoms with Crippen LogP contribution < -0.4 is 0 Å². The minimum Gasteiger partial charge on any atom is -0.400 e. The molecule has 92 valence electrons. The summed E-state index contributed by atoms with van der Waals surface area (Å²) in [6, 6.07) is 0. The lowest BCUT2D eigenvalue weighted by Crippen LogP contribution is -2.41. The zero-order valence-corrected chi connectivity index (χ0v) is 11.8. The summed E-state index contributed by atoms with van der Waals surface area (Å²) >= 11 is 1.62. The summed E-state index contributed by atoms with van der Waals surface area (Å²) in [6.07, 6.45) is 1.96. The van der Waals surface area contributed by atoms with Crippen molar-refractivity contribution in [1.29, 1.82) is 0 Å². The van der Waals surface area contributed by atoms with Crippen molar-refractivity contribution in [3.05, 3.63) is 22.1 Å². The van der Waals surface area contributed by atoms with E-state index in [4.69, 9.17) is 9.31 Å². The first-order chi connectivity index (χ1) is 7.80. The first-order valence-corrected chi connectivity index (χ1v) is 6.64. The second-order valence-electron chi connectivity index (χ2n) is 5.31. The Kier molecular flexibility index (Phi) is 3.18. The Bertz CT molecular complexity index is 423. The maximum atomic E-state index is 5.86. The van der Waals surface area contributed by atoms with Crippen LogP contribution >= 0.6 is 11.3 Å². The van der Waals surface area contributed by atoms with Gasteiger partial charge in [-0.2, -0.15) is 0 Å². The Balaban J connectivity index is 2.05. The third-order valence-electron chi connectivity index (χ3n) is 3.30. The lowest BCUT2D eigenvalue weighted by Gasteiger charge is -2.32. The minimum absolute atomic E-state index is 0.277. The fourth-order valence-electron chi connectivity index (χ4n) is 1.58. The Morgan fingerprint density at radius 1 is 1.24 bits per heavy atom. The molecule has 2 rings (SSSR count). The zero-order chi connectivity index (χ0) is 12.7. The van der Waals surface area contributed by atoms with E-state index in [0.717, 1.165) is 10.7 Å². The van der Waals surface area contributed by atoms with Crippen LogP contribution in [-0.2, 0) is 9.31 Å². The predicted molar refractivity (Wildman–Crippen MR) is 72.0 cm³/mol. The van der Waals surface area contributed by atoms with Gasteiger partial charge in [0.2, 0.25) is 0 Å². The molecule has 1 aromatic heterocycles. The van der Waals surface area contributed by atoms with Crippen molar-refractivity contribution >= 4 is 24.5 Å². The fourth-order valence-corrected chi connectivity index (χ4v) is 2.27. The van der Waals surface area contributed by atoms with Crippen LogP contribution in [0.2, 0.25) is 0 Å². The number of aromatic nitrogens is 1. The molecule has 2 heterocycles. The Morgan fingerprint density at radius 2 is 1.82 bits per heavy atom. The second kappa shape index (κ2) is 4.23. The lowest BCUT2D eigenvalue weighted by atomic mass is 9.90. The summed E-state index contributed by atoms with van der Waals surface area (Å²) in [5, 5.41) is 3.02. The number of aryl methyl sites for hydroxylation is 1. The molecule has 17 heavy (non-hydrogen) atoms. The molecule has 1 saturated heterocycles. The van der Waals surface area contributed by atoms with Crippen molar-refractivity contribution < 1.29 is 9.31 Å². The SMILES string of the molecule is Cc1csc(/C=C/B2OC(C)(C)C(C)(C)O2)n1. The minimum atomic E-state index is -0.288. The van der Waals surface area contributed by atoms with Gasteiger partial charge >= 0.3 is 7.12 Å². The fraction of sp³-hybridized carbons (Fsp3) is 0.583. The van der Waals surface area contributed by atoms with Gasteiger partial charge in [0.15, 0.2) is 0 Å². The molecule has 1 fully saturated rings. The number of rotatable bonds is 2. The standard InChI is InChI=1S/C12H18BNO2S/c1-9-8-17-10(14-9)6-7-13-15-11(2,3)12(4,5)16-13/h6-8H,1-5H3/b7-6+. The third kappa shape index (κ3) is 2.62. The van der Waals surface area contributed by atoms with Crippen LogP contribution in [0.3, 0.4) is 0 Å². The summed E-state index contributed by atoms with van der Waals surface area (Å²) in [6.45, 7) is 10.2. The molecular formula is C12H18BNO2S. The first kappa shape index (κ1) is 12.8. The van der Waals surface area contributed by atoms with Crippen LogP contribution in [-0.4, -0.2) is 23.3 Å².